The molecule has 0 aromatic heterocycles. The Morgan fingerprint density at radius 2 is 0.902 bits per heavy atom. The summed E-state index contributed by atoms with van der Waals surface area (Å²) in [5.41, 5.74) is 8.26. The third-order valence-corrected chi connectivity index (χ3v) is 9.82. The number of nitro groups is 1. The summed E-state index contributed by atoms with van der Waals surface area (Å²) < 4.78 is 0. The molecule has 0 aliphatic rings. The predicted molar refractivity (Wildman–Crippen MR) is 189 cm³/mol. The maximum absolute atomic E-state index is 10.7. The highest BCUT2D eigenvalue weighted by Crippen LogP contribution is 2.43. The van der Waals surface area contributed by atoms with Gasteiger partial charge in [0.25, 0.3) is 5.69 Å². The Morgan fingerprint density at radius 3 is 1.12 bits per heavy atom. The van der Waals surface area contributed by atoms with E-state index in [9.17, 15) is 10.1 Å². The molecule has 2 rings (SSSR count). The van der Waals surface area contributed by atoms with Crippen molar-refractivity contribution in [1.29, 1.82) is 0 Å². The number of nitro benzene ring substituents is 1. The van der Waals surface area contributed by atoms with E-state index in [2.05, 4.69) is 99.2 Å². The van der Waals surface area contributed by atoms with Crippen molar-refractivity contribution in [2.24, 2.45) is 23.7 Å². The minimum Gasteiger partial charge on any atom is -0.412 e. The van der Waals surface area contributed by atoms with Crippen LogP contribution in [0, 0.1) is 33.8 Å². The molecule has 0 bridgehead atoms. The molecule has 7 N–H and O–H groups in total. The van der Waals surface area contributed by atoms with Gasteiger partial charge in [-0.25, -0.2) is 0 Å². The molecule has 0 amide bonds. The Morgan fingerprint density at radius 1 is 0.659 bits per heavy atom. The summed E-state index contributed by atoms with van der Waals surface area (Å²) in [4.78, 5) is 10.4. The Kier molecular flexibility index (Phi) is 25.3. The minimum absolute atomic E-state index is 0. The molecule has 4 unspecified atom stereocenters. The van der Waals surface area contributed by atoms with Crippen molar-refractivity contribution < 1.29 is 30.2 Å². The van der Waals surface area contributed by atoms with Crippen LogP contribution in [0.4, 0.5) is 11.4 Å². The topological polar surface area (TPSA) is 134 Å². The standard InChI is InChI=1S/C16H25NO2.C16H27N.3CH4.2H2O/c1-6-12(3)16(5,13(4)7-2)14-8-10-15(11-9-14)17(18)19;1-6-12(3)16(5,13(4)7-2)14-8-10-15(17)11-9-14;;;;;/h8-13H,6-7H2,1-5H3;8-13H,6-7,17H2,1-5H3;3*1H4;2*1H2/p+7. The summed E-state index contributed by atoms with van der Waals surface area (Å²) in [5, 5.41) is 10.7. The van der Waals surface area contributed by atoms with Gasteiger partial charge in [0.05, 0.1) is 4.92 Å². The fourth-order valence-corrected chi connectivity index (χ4v) is 5.61. The van der Waals surface area contributed by atoms with E-state index in [0.717, 1.165) is 18.5 Å². The first kappa shape index (κ1) is 48.5. The van der Waals surface area contributed by atoms with Crippen LogP contribution in [0.2, 0.25) is 0 Å². The molecule has 4 atom stereocenters. The summed E-state index contributed by atoms with van der Waals surface area (Å²) >= 11 is 0. The van der Waals surface area contributed by atoms with Gasteiger partial charge in [0.1, 0.15) is 5.69 Å². The quantitative estimate of drug-likeness (QED) is 0.207. The molecular formula is C35H75N2O4+7. The van der Waals surface area contributed by atoms with E-state index in [0.29, 0.717) is 23.7 Å². The largest absolute Gasteiger partial charge is 1.00 e. The average Bonchev–Trinajstić information content (AvgIpc) is 2.90. The molecule has 6 nitrogen and oxygen atoms in total. The van der Waals surface area contributed by atoms with Gasteiger partial charge in [0.2, 0.25) is 0 Å². The van der Waals surface area contributed by atoms with E-state index >= 15 is 0 Å². The van der Waals surface area contributed by atoms with Crippen molar-refractivity contribution in [3.63, 3.8) is 0 Å². The minimum atomic E-state index is -0.340. The number of hydrogen-bond acceptors (Lipinski definition) is 2. The fourth-order valence-electron chi connectivity index (χ4n) is 5.61. The normalized spacial score (nSPS) is 15.8. The Bertz CT molecular complexity index is 934. The fraction of sp³-hybridized carbons (Fsp3) is 0.657. The Balaban J connectivity index is -0.0000000498. The van der Waals surface area contributed by atoms with Gasteiger partial charge in [-0.15, -0.1) is 0 Å². The smallest absolute Gasteiger partial charge is 0.412 e. The van der Waals surface area contributed by atoms with E-state index < -0.39 is 0 Å². The lowest BCUT2D eigenvalue weighted by atomic mass is 9.63. The van der Waals surface area contributed by atoms with Crippen molar-refractivity contribution >= 4 is 11.4 Å². The molecule has 6 heteroatoms. The second-order valence-electron chi connectivity index (χ2n) is 11.3. The van der Waals surface area contributed by atoms with Crippen LogP contribution in [0.5, 0.6) is 0 Å². The third kappa shape index (κ3) is 11.1. The second-order valence-corrected chi connectivity index (χ2v) is 11.3. The van der Waals surface area contributed by atoms with Gasteiger partial charge >= 0.3 is 8.56 Å². The summed E-state index contributed by atoms with van der Waals surface area (Å²) in [7, 11) is 0. The molecule has 2 aromatic rings. The Labute approximate surface area is 263 Å². The van der Waals surface area contributed by atoms with Crippen LogP contribution in [0.3, 0.4) is 0 Å². The first-order chi connectivity index (χ1) is 16.8. The van der Waals surface area contributed by atoms with Crippen molar-refractivity contribution in [3.05, 3.63) is 69.8 Å². The molecule has 0 radical (unpaired) electrons. The van der Waals surface area contributed by atoms with Crippen LogP contribution in [-0.2, 0) is 10.8 Å². The lowest BCUT2D eigenvalue weighted by molar-refractivity contribution is -0.384. The van der Waals surface area contributed by atoms with Gasteiger partial charge in [-0.05, 0) is 57.8 Å². The molecule has 0 saturated heterocycles. The molecule has 0 heterocycles. The molecule has 2 aromatic carbocycles. The number of benzene rings is 2. The van der Waals surface area contributed by atoms with Gasteiger partial charge in [0.15, 0.2) is 0 Å². The zero-order chi connectivity index (χ0) is 27.7. The van der Waals surface area contributed by atoms with E-state index in [1.54, 1.807) is 12.1 Å². The van der Waals surface area contributed by atoms with Crippen LogP contribution in [-0.4, -0.2) is 15.9 Å². The van der Waals surface area contributed by atoms with E-state index in [1.807, 2.05) is 12.1 Å². The molecule has 242 valence electrons. The van der Waals surface area contributed by atoms with Crippen molar-refractivity contribution in [3.8, 4) is 0 Å². The zero-order valence-corrected chi connectivity index (χ0v) is 25.7. The van der Waals surface area contributed by atoms with E-state index in [-0.39, 0.29) is 63.2 Å². The number of rotatable bonds is 11. The number of hydrogen-bond donors (Lipinski definition) is 1. The first-order valence-corrected chi connectivity index (χ1v) is 14.0. The molecule has 0 aliphatic carbocycles. The molecule has 41 heavy (non-hydrogen) atoms. The highest BCUT2D eigenvalue weighted by molar-refractivity contribution is 5.37. The number of nitrogens with zero attached hydrogens (tertiary/aromatic N) is 1. The summed E-state index contributed by atoms with van der Waals surface area (Å²) in [6.07, 6.45) is 4.68. The molecule has 0 aliphatic heterocycles. The summed E-state index contributed by atoms with van der Waals surface area (Å²) in [6.45, 7) is 23.0. The van der Waals surface area contributed by atoms with Crippen LogP contribution < -0.4 is 5.73 Å². The number of non-ortho nitro benzene ring substituents is 1. The monoisotopic (exact) mass is 588 g/mol. The Hall–Kier alpha value is -2.28. The lowest BCUT2D eigenvalue weighted by Gasteiger charge is -2.41. The maximum Gasteiger partial charge on any atom is 1.00 e. The average molecular weight is 588 g/mol. The predicted octanol–water partition coefficient (Wildman–Crippen LogP) is 9.79. The van der Waals surface area contributed by atoms with E-state index in [4.69, 9.17) is 0 Å². The third-order valence-electron chi connectivity index (χ3n) is 9.82. The second kappa shape index (κ2) is 21.4. The maximum atomic E-state index is 10.7. The molecule has 0 saturated carbocycles. The van der Waals surface area contributed by atoms with Crippen molar-refractivity contribution in [1.82, 2.24) is 0 Å². The SMILES string of the molecule is C.C.C.CCC(C)C(C)(c1ccc([N+](=O)[O-])cc1)C(C)CC.CCC(C)C(C)(c1ccc([NH3+])cc1)C(C)CC.O.O.[H+].[H+].[H+].[H+].[H+].[H+]. The number of quaternary nitrogens is 1. The van der Waals surface area contributed by atoms with Gasteiger partial charge in [-0.2, -0.15) is 0 Å². The van der Waals surface area contributed by atoms with Crippen LogP contribution in [0.25, 0.3) is 0 Å². The van der Waals surface area contributed by atoms with Gasteiger partial charge in [-0.1, -0.05) is 141 Å². The highest BCUT2D eigenvalue weighted by atomic mass is 16.6. The van der Waals surface area contributed by atoms with Gasteiger partial charge in [0, 0.05) is 12.1 Å². The first-order valence-electron chi connectivity index (χ1n) is 14.0. The summed E-state index contributed by atoms with van der Waals surface area (Å²) in [5.74, 6) is 2.49. The van der Waals surface area contributed by atoms with Crippen LogP contribution in [0.15, 0.2) is 48.5 Å². The molecule has 0 fully saturated rings. The molecular weight excluding hydrogens is 512 g/mol. The van der Waals surface area contributed by atoms with Gasteiger partial charge < -0.3 is 16.7 Å². The van der Waals surface area contributed by atoms with E-state index in [1.165, 1.54) is 24.0 Å². The highest BCUT2D eigenvalue weighted by Gasteiger charge is 2.37. The van der Waals surface area contributed by atoms with Crippen molar-refractivity contribution in [2.45, 2.75) is 128 Å². The molecule has 0 spiro atoms. The lowest BCUT2D eigenvalue weighted by Crippen LogP contribution is -2.40. The van der Waals surface area contributed by atoms with Gasteiger partial charge in [-0.3, -0.25) is 10.1 Å². The summed E-state index contributed by atoms with van der Waals surface area (Å²) in [6, 6.07) is 15.9. The van der Waals surface area contributed by atoms with Crippen molar-refractivity contribution in [2.75, 3.05) is 0 Å². The van der Waals surface area contributed by atoms with Crippen LogP contribution >= 0.6 is 0 Å². The van der Waals surface area contributed by atoms with Crippen LogP contribution in [0.1, 0.15) is 137 Å². The zero-order valence-electron chi connectivity index (χ0n) is 31.7.